The molecular weight excluding hydrogens is 396 g/mol. The van der Waals surface area contributed by atoms with Crippen LogP contribution in [-0.2, 0) is 16.4 Å². The summed E-state index contributed by atoms with van der Waals surface area (Å²) in [5, 5.41) is 6.71. The number of guanidine groups is 1. The minimum atomic E-state index is -3.19. The molecule has 2 unspecified atom stereocenters. The van der Waals surface area contributed by atoms with Crippen molar-refractivity contribution in [2.24, 2.45) is 16.8 Å². The number of nitrogens with one attached hydrogen (secondary N) is 2. The number of nitrogens with zero attached hydrogens (tertiary/aromatic N) is 2. The summed E-state index contributed by atoms with van der Waals surface area (Å²) >= 11 is 0. The van der Waals surface area contributed by atoms with Gasteiger partial charge in [0.2, 0.25) is 0 Å². The molecule has 2 atom stereocenters. The zero-order valence-corrected chi connectivity index (χ0v) is 20.2. The van der Waals surface area contributed by atoms with Crippen LogP contribution in [0.5, 0.6) is 0 Å². The Morgan fingerprint density at radius 2 is 1.87 bits per heavy atom. The van der Waals surface area contributed by atoms with Crippen LogP contribution in [0, 0.1) is 18.8 Å². The minimum absolute atomic E-state index is 0.387. The van der Waals surface area contributed by atoms with E-state index in [-0.39, 0.29) is 0 Å². The Balaban J connectivity index is 1.79. The highest BCUT2D eigenvalue weighted by Gasteiger charge is 2.20. The highest BCUT2D eigenvalue weighted by atomic mass is 32.2. The summed E-state index contributed by atoms with van der Waals surface area (Å²) in [5.74, 6) is 2.44. The van der Waals surface area contributed by atoms with Crippen LogP contribution in [0.3, 0.4) is 0 Å². The van der Waals surface area contributed by atoms with Crippen molar-refractivity contribution in [1.29, 1.82) is 0 Å². The van der Waals surface area contributed by atoms with Crippen LogP contribution in [0.4, 0.5) is 0 Å². The molecule has 1 aliphatic heterocycles. The molecular formula is C23H40N4O2S. The van der Waals surface area contributed by atoms with E-state index in [0.29, 0.717) is 11.4 Å². The molecule has 2 N–H and O–H groups in total. The summed E-state index contributed by atoms with van der Waals surface area (Å²) in [6.45, 7) is 14.5. The Morgan fingerprint density at radius 1 is 1.17 bits per heavy atom. The summed E-state index contributed by atoms with van der Waals surface area (Å²) < 4.78 is 23.5. The number of sulfone groups is 1. The Bertz CT molecular complexity index is 797. The normalized spacial score (nSPS) is 20.9. The van der Waals surface area contributed by atoms with Gasteiger partial charge in [-0.05, 0) is 68.7 Å². The van der Waals surface area contributed by atoms with Crippen molar-refractivity contribution >= 4 is 15.8 Å². The minimum Gasteiger partial charge on any atom is -0.357 e. The van der Waals surface area contributed by atoms with E-state index in [0.717, 1.165) is 48.4 Å². The quantitative estimate of drug-likeness (QED) is 0.353. The van der Waals surface area contributed by atoms with Crippen LogP contribution in [0.25, 0.3) is 0 Å². The van der Waals surface area contributed by atoms with Gasteiger partial charge in [0.25, 0.3) is 0 Å². The molecule has 1 fully saturated rings. The van der Waals surface area contributed by atoms with Crippen molar-refractivity contribution in [2.75, 3.05) is 39.0 Å². The molecule has 7 heteroatoms. The van der Waals surface area contributed by atoms with E-state index in [1.807, 2.05) is 19.1 Å². The molecule has 1 saturated heterocycles. The number of aliphatic imine (C=N–C) groups is 1. The predicted octanol–water partition coefficient (Wildman–Crippen LogP) is 3.21. The van der Waals surface area contributed by atoms with Crippen molar-refractivity contribution in [1.82, 2.24) is 15.5 Å². The molecule has 0 spiro atoms. The third kappa shape index (κ3) is 8.26. The number of hydrogen-bond donors (Lipinski definition) is 2. The predicted molar refractivity (Wildman–Crippen MR) is 126 cm³/mol. The second kappa shape index (κ2) is 11.7. The first-order chi connectivity index (χ1) is 14.2. The van der Waals surface area contributed by atoms with Crippen LogP contribution in [0.15, 0.2) is 28.1 Å². The maximum absolute atomic E-state index is 11.8. The van der Waals surface area contributed by atoms with Gasteiger partial charge in [-0.2, -0.15) is 0 Å². The van der Waals surface area contributed by atoms with Gasteiger partial charge in [0.15, 0.2) is 15.8 Å². The Morgan fingerprint density at radius 3 is 2.47 bits per heavy atom. The van der Waals surface area contributed by atoms with Gasteiger partial charge < -0.3 is 15.5 Å². The number of likely N-dealkylation sites (tertiary alicyclic amines) is 1. The van der Waals surface area contributed by atoms with Crippen molar-refractivity contribution < 1.29 is 8.42 Å². The third-order valence-corrected chi connectivity index (χ3v) is 6.80. The number of piperidine rings is 1. The number of aryl methyl sites for hydroxylation is 1. The van der Waals surface area contributed by atoms with Gasteiger partial charge in [0.1, 0.15) is 0 Å². The lowest BCUT2D eigenvalue weighted by atomic mass is 9.92. The molecule has 1 aromatic carbocycles. The fourth-order valence-electron chi connectivity index (χ4n) is 4.38. The number of rotatable bonds is 9. The van der Waals surface area contributed by atoms with Gasteiger partial charge in [-0.25, -0.2) is 13.4 Å². The first-order valence-electron chi connectivity index (χ1n) is 11.2. The maximum atomic E-state index is 11.8. The number of benzene rings is 1. The molecule has 0 saturated carbocycles. The highest BCUT2D eigenvalue weighted by Crippen LogP contribution is 2.21. The zero-order valence-electron chi connectivity index (χ0n) is 19.4. The Hall–Kier alpha value is -1.60. The van der Waals surface area contributed by atoms with Crippen molar-refractivity contribution in [3.8, 4) is 0 Å². The maximum Gasteiger partial charge on any atom is 0.191 e. The summed E-state index contributed by atoms with van der Waals surface area (Å²) in [5.41, 5.74) is 1.77. The van der Waals surface area contributed by atoms with Crippen LogP contribution in [0.2, 0.25) is 0 Å². The first-order valence-corrected chi connectivity index (χ1v) is 13.1. The molecule has 0 amide bonds. The summed E-state index contributed by atoms with van der Waals surface area (Å²) in [4.78, 5) is 7.66. The van der Waals surface area contributed by atoms with Crippen LogP contribution in [-0.4, -0.2) is 58.3 Å². The molecule has 30 heavy (non-hydrogen) atoms. The molecule has 6 nitrogen and oxygen atoms in total. The van der Waals surface area contributed by atoms with Crippen molar-refractivity contribution in [2.45, 2.75) is 58.4 Å². The van der Waals surface area contributed by atoms with E-state index in [2.05, 4.69) is 41.3 Å². The van der Waals surface area contributed by atoms with Gasteiger partial charge in [0.05, 0.1) is 11.4 Å². The molecule has 0 radical (unpaired) electrons. The van der Waals surface area contributed by atoms with Crippen molar-refractivity contribution in [3.63, 3.8) is 0 Å². The number of hydrogen-bond acceptors (Lipinski definition) is 4. The van der Waals surface area contributed by atoms with Crippen molar-refractivity contribution in [3.05, 3.63) is 29.3 Å². The summed E-state index contributed by atoms with van der Waals surface area (Å²) in [6, 6.07) is 5.43. The summed E-state index contributed by atoms with van der Waals surface area (Å²) in [6.07, 6.45) is 4.91. The molecule has 0 bridgehead atoms. The third-order valence-electron chi connectivity index (χ3n) is 5.54. The van der Waals surface area contributed by atoms with Gasteiger partial charge in [-0.1, -0.05) is 26.0 Å². The van der Waals surface area contributed by atoms with E-state index < -0.39 is 9.84 Å². The lowest BCUT2D eigenvalue weighted by Crippen LogP contribution is -2.40. The van der Waals surface area contributed by atoms with Crippen LogP contribution in [0.1, 0.15) is 51.2 Å². The summed E-state index contributed by atoms with van der Waals surface area (Å²) in [7, 11) is -3.19. The van der Waals surface area contributed by atoms with E-state index >= 15 is 0 Å². The second-order valence-corrected chi connectivity index (χ2v) is 10.9. The average Bonchev–Trinajstić information content (AvgIpc) is 2.64. The smallest absolute Gasteiger partial charge is 0.191 e. The molecule has 170 valence electrons. The Kier molecular flexibility index (Phi) is 9.62. The van der Waals surface area contributed by atoms with Gasteiger partial charge in [0, 0.05) is 32.4 Å². The monoisotopic (exact) mass is 436 g/mol. The van der Waals surface area contributed by atoms with Gasteiger partial charge in [-0.15, -0.1) is 0 Å². The molecule has 1 aliphatic rings. The molecule has 0 aliphatic carbocycles. The molecule has 2 rings (SSSR count). The van der Waals surface area contributed by atoms with E-state index in [4.69, 9.17) is 0 Å². The van der Waals surface area contributed by atoms with E-state index in [1.165, 1.54) is 38.7 Å². The van der Waals surface area contributed by atoms with E-state index in [1.54, 1.807) is 6.07 Å². The average molecular weight is 437 g/mol. The topological polar surface area (TPSA) is 73.8 Å². The molecule has 1 heterocycles. The fourth-order valence-corrected chi connectivity index (χ4v) is 5.34. The van der Waals surface area contributed by atoms with Crippen LogP contribution < -0.4 is 10.6 Å². The lowest BCUT2D eigenvalue weighted by Gasteiger charge is -2.34. The fraction of sp³-hybridized carbons (Fsp3) is 0.696. The van der Waals surface area contributed by atoms with E-state index in [9.17, 15) is 8.42 Å². The largest absolute Gasteiger partial charge is 0.357 e. The number of unbranched alkanes of at least 4 members (excludes halogenated alkanes) is 1. The highest BCUT2D eigenvalue weighted by molar-refractivity contribution is 7.90. The van der Waals surface area contributed by atoms with Gasteiger partial charge in [-0.3, -0.25) is 0 Å². The Labute approximate surface area is 183 Å². The van der Waals surface area contributed by atoms with Gasteiger partial charge >= 0.3 is 0 Å². The molecule has 0 aromatic heterocycles. The second-order valence-electron chi connectivity index (χ2n) is 8.91. The first kappa shape index (κ1) is 24.7. The standard InChI is InChI=1S/C23H40N4O2S/c1-6-24-23(25-11-7-8-12-27-16-18(2)13-19(3)17-27)26-15-21-9-10-22(20(4)14-21)30(5,28)29/h9-10,14,18-19H,6-8,11-13,15-17H2,1-5H3,(H2,24,25,26). The molecule has 1 aromatic rings. The lowest BCUT2D eigenvalue weighted by molar-refractivity contribution is 0.139. The van der Waals surface area contributed by atoms with Crippen LogP contribution >= 0.6 is 0 Å². The SMILES string of the molecule is CCNC(=NCc1ccc(S(C)(=O)=O)c(C)c1)NCCCCN1CC(C)CC(C)C1. The zero-order chi connectivity index (χ0) is 22.1.